The SMILES string of the molecule is COc1ccccc1-c1nnn(-c2ccc(C)cc2C)c1N. The quantitative estimate of drug-likeness (QED) is 0.806. The van der Waals surface area contributed by atoms with Crippen LogP contribution in [0.1, 0.15) is 11.1 Å². The molecule has 0 saturated carbocycles. The Kier molecular flexibility index (Phi) is 3.55. The Morgan fingerprint density at radius 1 is 1.09 bits per heavy atom. The van der Waals surface area contributed by atoms with Crippen LogP contribution >= 0.6 is 0 Å². The van der Waals surface area contributed by atoms with Crippen molar-refractivity contribution in [2.45, 2.75) is 13.8 Å². The number of benzene rings is 2. The number of nitrogens with zero attached hydrogens (tertiary/aromatic N) is 3. The van der Waals surface area contributed by atoms with E-state index in [0.29, 0.717) is 11.5 Å². The van der Waals surface area contributed by atoms with Crippen LogP contribution in [0.15, 0.2) is 42.5 Å². The first-order valence-corrected chi connectivity index (χ1v) is 7.04. The molecule has 0 amide bonds. The van der Waals surface area contributed by atoms with Crippen LogP contribution in [0.5, 0.6) is 5.75 Å². The Hall–Kier alpha value is -2.82. The predicted octanol–water partition coefficient (Wildman–Crippen LogP) is 3.14. The Morgan fingerprint density at radius 3 is 2.59 bits per heavy atom. The third-order valence-corrected chi connectivity index (χ3v) is 3.65. The van der Waals surface area contributed by atoms with Gasteiger partial charge in [-0.1, -0.05) is 35.0 Å². The first-order chi connectivity index (χ1) is 10.6. The van der Waals surface area contributed by atoms with E-state index in [1.54, 1.807) is 11.8 Å². The van der Waals surface area contributed by atoms with Crippen molar-refractivity contribution < 1.29 is 4.74 Å². The molecule has 0 spiro atoms. The van der Waals surface area contributed by atoms with Crippen LogP contribution in [0.4, 0.5) is 5.82 Å². The van der Waals surface area contributed by atoms with E-state index < -0.39 is 0 Å². The van der Waals surface area contributed by atoms with E-state index in [-0.39, 0.29) is 0 Å². The van der Waals surface area contributed by atoms with Crippen LogP contribution < -0.4 is 10.5 Å². The van der Waals surface area contributed by atoms with Gasteiger partial charge in [0, 0.05) is 5.56 Å². The lowest BCUT2D eigenvalue weighted by Gasteiger charge is -2.09. The minimum atomic E-state index is 0.497. The molecule has 0 unspecified atom stereocenters. The number of hydrogen-bond acceptors (Lipinski definition) is 4. The second kappa shape index (κ2) is 5.52. The highest BCUT2D eigenvalue weighted by molar-refractivity contribution is 5.76. The third-order valence-electron chi connectivity index (χ3n) is 3.65. The number of para-hydroxylation sites is 1. The van der Waals surface area contributed by atoms with Crippen molar-refractivity contribution in [1.82, 2.24) is 15.0 Å². The fraction of sp³-hybridized carbons (Fsp3) is 0.176. The molecular formula is C17H18N4O. The molecule has 2 N–H and O–H groups in total. The summed E-state index contributed by atoms with van der Waals surface area (Å²) in [5, 5.41) is 8.46. The average molecular weight is 294 g/mol. The van der Waals surface area contributed by atoms with Crippen LogP contribution in [0.25, 0.3) is 16.9 Å². The van der Waals surface area contributed by atoms with Crippen LogP contribution in [-0.2, 0) is 0 Å². The van der Waals surface area contributed by atoms with Crippen molar-refractivity contribution in [2.24, 2.45) is 0 Å². The molecule has 5 heteroatoms. The normalized spacial score (nSPS) is 10.7. The second-order valence-corrected chi connectivity index (χ2v) is 5.23. The van der Waals surface area contributed by atoms with E-state index in [1.165, 1.54) is 5.56 Å². The average Bonchev–Trinajstić information content (AvgIpc) is 2.89. The molecule has 1 heterocycles. The van der Waals surface area contributed by atoms with Crippen LogP contribution in [0, 0.1) is 13.8 Å². The maximum Gasteiger partial charge on any atom is 0.156 e. The zero-order chi connectivity index (χ0) is 15.7. The summed E-state index contributed by atoms with van der Waals surface area (Å²) in [5.41, 5.74) is 11.0. The van der Waals surface area contributed by atoms with Crippen LogP contribution in [-0.4, -0.2) is 22.1 Å². The van der Waals surface area contributed by atoms with E-state index in [9.17, 15) is 0 Å². The molecule has 0 atom stereocenters. The lowest BCUT2D eigenvalue weighted by atomic mass is 10.1. The van der Waals surface area contributed by atoms with Crippen LogP contribution in [0.3, 0.4) is 0 Å². The molecule has 2 aromatic carbocycles. The zero-order valence-corrected chi connectivity index (χ0v) is 12.9. The van der Waals surface area contributed by atoms with Gasteiger partial charge in [0.05, 0.1) is 12.8 Å². The number of methoxy groups -OCH3 is 1. The topological polar surface area (TPSA) is 66.0 Å². The van der Waals surface area contributed by atoms with E-state index in [4.69, 9.17) is 10.5 Å². The Bertz CT molecular complexity index is 823. The summed E-state index contributed by atoms with van der Waals surface area (Å²) in [6, 6.07) is 13.8. The first kappa shape index (κ1) is 14.1. The van der Waals surface area contributed by atoms with Crippen molar-refractivity contribution in [1.29, 1.82) is 0 Å². The van der Waals surface area contributed by atoms with Crippen LogP contribution in [0.2, 0.25) is 0 Å². The van der Waals surface area contributed by atoms with Crippen molar-refractivity contribution in [3.63, 3.8) is 0 Å². The van der Waals surface area contributed by atoms with Gasteiger partial charge in [-0.2, -0.15) is 4.68 Å². The molecule has 22 heavy (non-hydrogen) atoms. The highest BCUT2D eigenvalue weighted by Gasteiger charge is 2.17. The molecule has 1 aromatic heterocycles. The Balaban J connectivity index is 2.13. The van der Waals surface area contributed by atoms with Gasteiger partial charge in [0.2, 0.25) is 0 Å². The van der Waals surface area contributed by atoms with Gasteiger partial charge in [0.15, 0.2) is 5.82 Å². The van der Waals surface area contributed by atoms with E-state index in [0.717, 1.165) is 22.6 Å². The lowest BCUT2D eigenvalue weighted by Crippen LogP contribution is -2.04. The lowest BCUT2D eigenvalue weighted by molar-refractivity contribution is 0.416. The van der Waals surface area contributed by atoms with Crippen molar-refractivity contribution >= 4 is 5.82 Å². The molecule has 3 rings (SSSR count). The molecule has 0 aliphatic carbocycles. The summed E-state index contributed by atoms with van der Waals surface area (Å²) >= 11 is 0. The number of nitrogens with two attached hydrogens (primary N) is 1. The van der Waals surface area contributed by atoms with Gasteiger partial charge in [-0.25, -0.2) is 0 Å². The molecule has 0 aliphatic heterocycles. The fourth-order valence-corrected chi connectivity index (χ4v) is 2.54. The largest absolute Gasteiger partial charge is 0.496 e. The first-order valence-electron chi connectivity index (χ1n) is 7.04. The summed E-state index contributed by atoms with van der Waals surface area (Å²) in [6.07, 6.45) is 0. The number of nitrogen functional groups attached to an aromatic ring is 1. The summed E-state index contributed by atoms with van der Waals surface area (Å²) < 4.78 is 7.04. The van der Waals surface area contributed by atoms with Gasteiger partial charge < -0.3 is 10.5 Å². The molecule has 5 nitrogen and oxygen atoms in total. The summed E-state index contributed by atoms with van der Waals surface area (Å²) in [4.78, 5) is 0. The maximum absolute atomic E-state index is 6.28. The van der Waals surface area contributed by atoms with E-state index >= 15 is 0 Å². The smallest absolute Gasteiger partial charge is 0.156 e. The molecular weight excluding hydrogens is 276 g/mol. The number of rotatable bonds is 3. The van der Waals surface area contributed by atoms with Gasteiger partial charge >= 0.3 is 0 Å². The third kappa shape index (κ3) is 2.30. The number of hydrogen-bond donors (Lipinski definition) is 1. The number of ether oxygens (including phenoxy) is 1. The molecule has 0 fully saturated rings. The van der Waals surface area contributed by atoms with Crippen molar-refractivity contribution in [3.05, 3.63) is 53.6 Å². The fourth-order valence-electron chi connectivity index (χ4n) is 2.54. The molecule has 0 saturated heterocycles. The standard InChI is InChI=1S/C17H18N4O/c1-11-8-9-14(12(2)10-11)21-17(18)16(19-20-21)13-6-4-5-7-15(13)22-3/h4-10H,18H2,1-3H3. The Morgan fingerprint density at radius 2 is 1.86 bits per heavy atom. The Labute approximate surface area is 129 Å². The maximum atomic E-state index is 6.28. The monoisotopic (exact) mass is 294 g/mol. The number of anilines is 1. The molecule has 0 radical (unpaired) electrons. The molecule has 0 bridgehead atoms. The zero-order valence-electron chi connectivity index (χ0n) is 12.9. The van der Waals surface area contributed by atoms with E-state index in [1.807, 2.05) is 43.3 Å². The van der Waals surface area contributed by atoms with Gasteiger partial charge in [-0.15, -0.1) is 5.10 Å². The summed E-state index contributed by atoms with van der Waals surface area (Å²) in [6.45, 7) is 4.09. The summed E-state index contributed by atoms with van der Waals surface area (Å²) in [5.74, 6) is 1.22. The van der Waals surface area contributed by atoms with Crippen molar-refractivity contribution in [3.8, 4) is 22.7 Å². The minimum Gasteiger partial charge on any atom is -0.496 e. The van der Waals surface area contributed by atoms with E-state index in [2.05, 4.69) is 23.3 Å². The predicted molar refractivity (Wildman–Crippen MR) is 87.2 cm³/mol. The second-order valence-electron chi connectivity index (χ2n) is 5.23. The molecule has 3 aromatic rings. The van der Waals surface area contributed by atoms with Gasteiger partial charge in [-0.3, -0.25) is 0 Å². The van der Waals surface area contributed by atoms with Gasteiger partial charge in [0.1, 0.15) is 11.4 Å². The highest BCUT2D eigenvalue weighted by Crippen LogP contribution is 2.33. The number of aryl methyl sites for hydroxylation is 2. The molecule has 0 aliphatic rings. The van der Waals surface area contributed by atoms with Gasteiger partial charge in [0.25, 0.3) is 0 Å². The summed E-state index contributed by atoms with van der Waals surface area (Å²) in [7, 11) is 1.63. The highest BCUT2D eigenvalue weighted by atomic mass is 16.5. The minimum absolute atomic E-state index is 0.497. The number of aromatic nitrogens is 3. The van der Waals surface area contributed by atoms with Crippen molar-refractivity contribution in [2.75, 3.05) is 12.8 Å². The van der Waals surface area contributed by atoms with Gasteiger partial charge in [-0.05, 0) is 37.6 Å². The molecule has 112 valence electrons.